The highest BCUT2D eigenvalue weighted by molar-refractivity contribution is 7.87. The fraction of sp³-hybridized carbons (Fsp3) is 0.333. The maximum Gasteiger partial charge on any atom is 0.534 e. The van der Waals surface area contributed by atoms with Crippen LogP contribution in [0.1, 0.15) is 6.92 Å². The summed E-state index contributed by atoms with van der Waals surface area (Å²) >= 11 is 0. The minimum absolute atomic E-state index is 0.00725. The molecule has 7 heteroatoms. The molecule has 0 rings (SSSR count). The molecule has 0 aliphatic carbocycles. The fourth-order valence-corrected chi connectivity index (χ4v) is 0.752. The third-order valence-electron chi connectivity index (χ3n) is 0.970. The molecule has 0 fully saturated rings. The molecule has 0 aliphatic heterocycles. The molecule has 0 spiro atoms. The Bertz CT molecular complexity index is 326. The molecule has 0 radical (unpaired) electrons. The van der Waals surface area contributed by atoms with E-state index in [4.69, 9.17) is 0 Å². The van der Waals surface area contributed by atoms with E-state index < -0.39 is 21.4 Å². The van der Waals surface area contributed by atoms with E-state index in [1.165, 1.54) is 6.92 Å². The predicted octanol–water partition coefficient (Wildman–Crippen LogP) is 1.94. The molecule has 13 heavy (non-hydrogen) atoms. The quantitative estimate of drug-likeness (QED) is 0.313. The van der Waals surface area contributed by atoms with Crippen molar-refractivity contribution in [3.05, 3.63) is 24.5 Å². The molecule has 0 aromatic heterocycles. The normalized spacial score (nSPS) is 12.3. The molecule has 0 amide bonds. The molecule has 0 aliphatic rings. The molecule has 3 nitrogen and oxygen atoms in total. The smallest absolute Gasteiger partial charge is 0.376 e. The van der Waals surface area contributed by atoms with E-state index in [0.717, 1.165) is 0 Å². The zero-order chi connectivity index (χ0) is 10.9. The molecule has 0 aromatic carbocycles. The van der Waals surface area contributed by atoms with Crippen molar-refractivity contribution in [1.82, 2.24) is 0 Å². The van der Waals surface area contributed by atoms with Crippen LogP contribution in [-0.4, -0.2) is 13.9 Å². The first kappa shape index (κ1) is 12.0. The first-order valence-corrected chi connectivity index (χ1v) is 4.34. The average Bonchev–Trinajstić information content (AvgIpc) is 1.83. The molecule has 0 aromatic rings. The van der Waals surface area contributed by atoms with Gasteiger partial charge in [0.1, 0.15) is 5.76 Å². The van der Waals surface area contributed by atoms with Gasteiger partial charge in [-0.2, -0.15) is 21.6 Å². The van der Waals surface area contributed by atoms with Gasteiger partial charge in [-0.05, 0) is 12.5 Å². The Morgan fingerprint density at radius 2 is 1.69 bits per heavy atom. The van der Waals surface area contributed by atoms with Gasteiger partial charge in [0, 0.05) is 0 Å². The molecular weight excluding hydrogens is 209 g/mol. The molecule has 76 valence electrons. The van der Waals surface area contributed by atoms with E-state index in [1.807, 2.05) is 0 Å². The van der Waals surface area contributed by atoms with Gasteiger partial charge in [0.25, 0.3) is 0 Å². The highest BCUT2D eigenvalue weighted by Crippen LogP contribution is 2.27. The molecule has 0 heterocycles. The monoisotopic (exact) mass is 216 g/mol. The summed E-state index contributed by atoms with van der Waals surface area (Å²) in [5, 5.41) is 0. The lowest BCUT2D eigenvalue weighted by molar-refractivity contribution is -0.0520. The van der Waals surface area contributed by atoms with E-state index >= 15 is 0 Å². The van der Waals surface area contributed by atoms with Gasteiger partial charge in [-0.3, -0.25) is 0 Å². The lowest BCUT2D eigenvalue weighted by atomic mass is 10.3. The summed E-state index contributed by atoms with van der Waals surface area (Å²) in [5.41, 5.74) is -5.43. The summed E-state index contributed by atoms with van der Waals surface area (Å²) in [6.07, 6.45) is 0. The van der Waals surface area contributed by atoms with Gasteiger partial charge in [-0.1, -0.05) is 13.2 Å². The molecule has 0 N–H and O–H groups in total. The van der Waals surface area contributed by atoms with Crippen LogP contribution in [0.3, 0.4) is 0 Å². The van der Waals surface area contributed by atoms with Crippen LogP contribution in [0, 0.1) is 0 Å². The molecule has 0 atom stereocenters. The van der Waals surface area contributed by atoms with Crippen molar-refractivity contribution < 1.29 is 25.8 Å². The van der Waals surface area contributed by atoms with Crippen molar-refractivity contribution in [2.75, 3.05) is 0 Å². The van der Waals surface area contributed by atoms with Gasteiger partial charge in [-0.25, -0.2) is 0 Å². The standard InChI is InChI=1S/C6H7F3O3S/c1-4(2)5(3)12-13(10,11)6(7,8)9/h1,3H2,2H3. The van der Waals surface area contributed by atoms with Gasteiger partial charge in [-0.15, -0.1) is 0 Å². The van der Waals surface area contributed by atoms with E-state index in [2.05, 4.69) is 17.3 Å². The summed E-state index contributed by atoms with van der Waals surface area (Å²) in [6, 6.07) is 0. The second-order valence-corrected chi connectivity index (χ2v) is 3.72. The van der Waals surface area contributed by atoms with Crippen LogP contribution in [0.2, 0.25) is 0 Å². The zero-order valence-electron chi connectivity index (χ0n) is 6.68. The van der Waals surface area contributed by atoms with Crippen LogP contribution in [-0.2, 0) is 14.3 Å². The Hall–Kier alpha value is -0.980. The largest absolute Gasteiger partial charge is 0.534 e. The van der Waals surface area contributed by atoms with Crippen LogP contribution >= 0.6 is 0 Å². The Morgan fingerprint density at radius 1 is 1.31 bits per heavy atom. The van der Waals surface area contributed by atoms with Crippen LogP contribution < -0.4 is 0 Å². The third-order valence-corrected chi connectivity index (χ3v) is 1.96. The summed E-state index contributed by atoms with van der Waals surface area (Å²) in [7, 11) is -5.60. The van der Waals surface area contributed by atoms with Crippen molar-refractivity contribution in [2.45, 2.75) is 12.4 Å². The van der Waals surface area contributed by atoms with Crippen molar-refractivity contribution in [1.29, 1.82) is 0 Å². The van der Waals surface area contributed by atoms with Crippen LogP contribution in [0.15, 0.2) is 24.5 Å². The van der Waals surface area contributed by atoms with E-state index in [-0.39, 0.29) is 5.57 Å². The molecule has 0 saturated carbocycles. The van der Waals surface area contributed by atoms with E-state index in [1.54, 1.807) is 0 Å². The number of alkyl halides is 3. The maximum atomic E-state index is 11.7. The third kappa shape index (κ3) is 3.10. The minimum atomic E-state index is -5.60. The lowest BCUT2D eigenvalue weighted by Crippen LogP contribution is -2.25. The van der Waals surface area contributed by atoms with Gasteiger partial charge in [0.2, 0.25) is 0 Å². The van der Waals surface area contributed by atoms with Crippen LogP contribution in [0.4, 0.5) is 13.2 Å². The van der Waals surface area contributed by atoms with Crippen LogP contribution in [0.25, 0.3) is 0 Å². The Morgan fingerprint density at radius 3 is 1.92 bits per heavy atom. The number of hydrogen-bond acceptors (Lipinski definition) is 3. The Balaban J connectivity index is 4.75. The summed E-state index contributed by atoms with van der Waals surface area (Å²) < 4.78 is 59.3. The minimum Gasteiger partial charge on any atom is -0.376 e. The molecule has 0 unspecified atom stereocenters. The average molecular weight is 216 g/mol. The Labute approximate surface area is 73.6 Å². The molecule has 0 saturated heterocycles. The number of allylic oxidation sites excluding steroid dienone is 1. The van der Waals surface area contributed by atoms with Gasteiger partial charge >= 0.3 is 15.6 Å². The Kier molecular flexibility index (Phi) is 3.15. The topological polar surface area (TPSA) is 43.4 Å². The van der Waals surface area contributed by atoms with Crippen molar-refractivity contribution in [3.63, 3.8) is 0 Å². The van der Waals surface area contributed by atoms with Crippen molar-refractivity contribution >= 4 is 10.1 Å². The maximum absolute atomic E-state index is 11.7. The molecular formula is C6H7F3O3S. The highest BCUT2D eigenvalue weighted by Gasteiger charge is 2.48. The zero-order valence-corrected chi connectivity index (χ0v) is 7.50. The summed E-state index contributed by atoms with van der Waals surface area (Å²) in [4.78, 5) is 0. The summed E-state index contributed by atoms with van der Waals surface area (Å²) in [5.74, 6) is -0.627. The number of halogens is 3. The fourth-order valence-electron chi connectivity index (χ4n) is 0.251. The van der Waals surface area contributed by atoms with Gasteiger partial charge in [0.05, 0.1) is 0 Å². The number of hydrogen-bond donors (Lipinski definition) is 0. The second kappa shape index (κ2) is 3.41. The van der Waals surface area contributed by atoms with Crippen molar-refractivity contribution in [2.24, 2.45) is 0 Å². The molecule has 0 bridgehead atoms. The second-order valence-electron chi connectivity index (χ2n) is 2.19. The van der Waals surface area contributed by atoms with E-state index in [9.17, 15) is 21.6 Å². The van der Waals surface area contributed by atoms with Crippen LogP contribution in [0.5, 0.6) is 0 Å². The lowest BCUT2D eigenvalue weighted by Gasteiger charge is -2.10. The summed E-state index contributed by atoms with van der Waals surface area (Å²) in [6.45, 7) is 7.39. The SMILES string of the molecule is C=C(C)C(=C)OS(=O)(=O)C(F)(F)F. The van der Waals surface area contributed by atoms with Crippen molar-refractivity contribution in [3.8, 4) is 0 Å². The first-order chi connectivity index (χ1) is 5.58. The first-order valence-electron chi connectivity index (χ1n) is 2.93. The number of rotatable bonds is 3. The van der Waals surface area contributed by atoms with Gasteiger partial charge in [0.15, 0.2) is 0 Å². The van der Waals surface area contributed by atoms with Gasteiger partial charge < -0.3 is 4.18 Å². The highest BCUT2D eigenvalue weighted by atomic mass is 32.2. The predicted molar refractivity (Wildman–Crippen MR) is 40.0 cm³/mol. The van der Waals surface area contributed by atoms with E-state index in [0.29, 0.717) is 0 Å².